The summed E-state index contributed by atoms with van der Waals surface area (Å²) in [6.45, 7) is 1.48. The van der Waals surface area contributed by atoms with E-state index in [1.807, 2.05) is 54.6 Å². The summed E-state index contributed by atoms with van der Waals surface area (Å²) in [5, 5.41) is 5.10. The van der Waals surface area contributed by atoms with Gasteiger partial charge in [0.25, 0.3) is 5.91 Å². The number of aromatic nitrogens is 1. The topological polar surface area (TPSA) is 60.5 Å². The van der Waals surface area contributed by atoms with Gasteiger partial charge < -0.3 is 15.2 Å². The number of benzodiazepines with no additional fused rings is 1. The van der Waals surface area contributed by atoms with E-state index in [2.05, 4.69) is 61.5 Å². The molecule has 5 rings (SSSR count). The van der Waals surface area contributed by atoms with Crippen LogP contribution < -0.4 is 10.2 Å². The lowest BCUT2D eigenvalue weighted by atomic mass is 10.0. The molecule has 0 saturated carbocycles. The molecule has 1 amide bonds. The average Bonchev–Trinajstić information content (AvgIpc) is 3.23. The van der Waals surface area contributed by atoms with Crippen molar-refractivity contribution in [1.82, 2.24) is 10.3 Å². The number of carbonyl (C=O) groups excluding carboxylic acids is 1. The number of nitrogens with zero attached hydrogens (tertiary/aromatic N) is 2. The minimum absolute atomic E-state index is 0.154. The van der Waals surface area contributed by atoms with Crippen molar-refractivity contribution in [3.8, 4) is 0 Å². The zero-order chi connectivity index (χ0) is 22.6. The lowest BCUT2D eigenvalue weighted by Crippen LogP contribution is -2.43. The first-order valence-electron chi connectivity index (χ1n) is 11.1. The summed E-state index contributed by atoms with van der Waals surface area (Å²) in [5.74, 6) is -0.154. The number of carbonyl (C=O) groups is 1. The molecule has 2 N–H and O–H groups in total. The van der Waals surface area contributed by atoms with E-state index >= 15 is 0 Å². The Labute approximate surface area is 201 Å². The number of aliphatic imine (C=N–C) groups is 1. The van der Waals surface area contributed by atoms with Gasteiger partial charge in [0.15, 0.2) is 0 Å². The van der Waals surface area contributed by atoms with Crippen LogP contribution in [0.4, 0.5) is 5.69 Å². The number of rotatable bonds is 6. The van der Waals surface area contributed by atoms with E-state index < -0.39 is 0 Å². The number of hydrogen-bond acceptors (Lipinski definition) is 3. The molecule has 2 heterocycles. The van der Waals surface area contributed by atoms with Gasteiger partial charge in [0.05, 0.1) is 12.3 Å². The third-order valence-electron chi connectivity index (χ3n) is 5.86. The molecule has 1 aliphatic heterocycles. The number of benzene rings is 3. The first-order chi connectivity index (χ1) is 16.2. The van der Waals surface area contributed by atoms with Gasteiger partial charge in [-0.05, 0) is 24.6 Å². The maximum Gasteiger partial charge on any atom is 0.269 e. The Balaban J connectivity index is 1.52. The molecule has 0 fully saturated rings. The summed E-state index contributed by atoms with van der Waals surface area (Å²) in [7, 11) is 0. The highest BCUT2D eigenvalue weighted by molar-refractivity contribution is 9.09. The van der Waals surface area contributed by atoms with Crippen LogP contribution >= 0.6 is 15.9 Å². The van der Waals surface area contributed by atoms with Crippen LogP contribution in [0.3, 0.4) is 0 Å². The van der Waals surface area contributed by atoms with Crippen LogP contribution in [0.15, 0.2) is 89.9 Å². The maximum atomic E-state index is 13.2. The average molecular weight is 501 g/mol. The summed E-state index contributed by atoms with van der Waals surface area (Å²) < 4.78 is 0. The van der Waals surface area contributed by atoms with Crippen molar-refractivity contribution >= 4 is 44.1 Å². The van der Waals surface area contributed by atoms with Crippen molar-refractivity contribution in [2.24, 2.45) is 4.99 Å². The normalized spacial score (nSPS) is 15.6. The third kappa shape index (κ3) is 4.57. The third-order valence-corrected chi connectivity index (χ3v) is 6.42. The van der Waals surface area contributed by atoms with E-state index in [0.29, 0.717) is 12.2 Å². The number of fused-ring (bicyclic) bond motifs is 2. The lowest BCUT2D eigenvalue weighted by molar-refractivity contribution is 0.0935. The second kappa shape index (κ2) is 9.63. The van der Waals surface area contributed by atoms with E-state index in [1.54, 1.807) is 0 Å². The molecule has 1 aliphatic rings. The Kier molecular flexibility index (Phi) is 6.26. The molecule has 0 saturated heterocycles. The van der Waals surface area contributed by atoms with Gasteiger partial charge in [-0.3, -0.25) is 9.79 Å². The summed E-state index contributed by atoms with van der Waals surface area (Å²) in [4.78, 5) is 23.8. The number of nitrogens with one attached hydrogen (secondary N) is 2. The first kappa shape index (κ1) is 21.5. The van der Waals surface area contributed by atoms with Gasteiger partial charge in [0.2, 0.25) is 0 Å². The smallest absolute Gasteiger partial charge is 0.269 e. The maximum absolute atomic E-state index is 13.2. The van der Waals surface area contributed by atoms with Crippen LogP contribution in [0.25, 0.3) is 10.9 Å². The summed E-state index contributed by atoms with van der Waals surface area (Å²) >= 11 is 3.56. The van der Waals surface area contributed by atoms with Crippen LogP contribution in [0.2, 0.25) is 0 Å². The monoisotopic (exact) mass is 500 g/mol. The molecule has 166 valence electrons. The quantitative estimate of drug-likeness (QED) is 0.349. The fraction of sp³-hybridized carbons (Fsp3) is 0.185. The minimum Gasteiger partial charge on any atom is -0.367 e. The number of hydrogen-bond donors (Lipinski definition) is 2. The Hall–Kier alpha value is -3.38. The van der Waals surface area contributed by atoms with Crippen LogP contribution in [0, 0.1) is 0 Å². The highest BCUT2D eigenvalue weighted by atomic mass is 79.9. The SMILES string of the molecule is O=C(NC1CN(CCCBr)c2ccccc2C(c2ccccc2)=N1)c1cc2ccccc2[nH]1. The standard InChI is InChI=1S/C27H25BrN4O/c28-15-8-16-32-18-25(31-27(33)23-17-20-11-4-6-13-22(20)29-23)30-26(19-9-2-1-3-10-19)21-12-5-7-14-24(21)32/h1-7,9-14,17,25,29H,8,15-16,18H2,(H,31,33). The number of aromatic amines is 1. The van der Waals surface area contributed by atoms with E-state index in [4.69, 9.17) is 4.99 Å². The molecular formula is C27H25BrN4O. The Bertz CT molecular complexity index is 1260. The van der Waals surface area contributed by atoms with Gasteiger partial charge >= 0.3 is 0 Å². The lowest BCUT2D eigenvalue weighted by Gasteiger charge is -2.27. The molecule has 1 aromatic heterocycles. The van der Waals surface area contributed by atoms with Crippen molar-refractivity contribution < 1.29 is 4.79 Å². The molecule has 0 radical (unpaired) electrons. The molecule has 1 atom stereocenters. The van der Waals surface area contributed by atoms with Crippen molar-refractivity contribution in [3.05, 3.63) is 102 Å². The van der Waals surface area contributed by atoms with E-state index in [-0.39, 0.29) is 12.1 Å². The summed E-state index contributed by atoms with van der Waals surface area (Å²) in [6.07, 6.45) is 0.611. The van der Waals surface area contributed by atoms with Crippen LogP contribution in [0.5, 0.6) is 0 Å². The first-order valence-corrected chi connectivity index (χ1v) is 12.3. The number of anilines is 1. The molecule has 5 nitrogen and oxygen atoms in total. The number of para-hydroxylation sites is 2. The second-order valence-electron chi connectivity index (χ2n) is 8.11. The molecule has 0 aliphatic carbocycles. The molecule has 4 aromatic rings. The predicted octanol–water partition coefficient (Wildman–Crippen LogP) is 5.37. The zero-order valence-corrected chi connectivity index (χ0v) is 19.8. The fourth-order valence-electron chi connectivity index (χ4n) is 4.31. The molecule has 3 aromatic carbocycles. The molecule has 33 heavy (non-hydrogen) atoms. The number of halogens is 1. The van der Waals surface area contributed by atoms with Crippen LogP contribution in [-0.2, 0) is 0 Å². The Morgan fingerprint density at radius 1 is 1.03 bits per heavy atom. The fourth-order valence-corrected chi connectivity index (χ4v) is 4.56. The minimum atomic E-state index is -0.387. The van der Waals surface area contributed by atoms with E-state index in [9.17, 15) is 4.79 Å². The van der Waals surface area contributed by atoms with Crippen molar-refractivity contribution in [2.45, 2.75) is 12.6 Å². The van der Waals surface area contributed by atoms with Gasteiger partial charge in [-0.15, -0.1) is 0 Å². The summed E-state index contributed by atoms with van der Waals surface area (Å²) in [5.41, 5.74) is 5.65. The predicted molar refractivity (Wildman–Crippen MR) is 139 cm³/mol. The van der Waals surface area contributed by atoms with Gasteiger partial charge in [-0.1, -0.05) is 82.7 Å². The summed E-state index contributed by atoms with van der Waals surface area (Å²) in [6, 6.07) is 28.3. The van der Waals surface area contributed by atoms with E-state index in [1.165, 1.54) is 0 Å². The zero-order valence-electron chi connectivity index (χ0n) is 18.2. The molecule has 0 spiro atoms. The van der Waals surface area contributed by atoms with Crippen LogP contribution in [-0.4, -0.2) is 41.2 Å². The molecule has 1 unspecified atom stereocenters. The van der Waals surface area contributed by atoms with Crippen molar-refractivity contribution in [1.29, 1.82) is 0 Å². The molecule has 0 bridgehead atoms. The van der Waals surface area contributed by atoms with E-state index in [0.717, 1.165) is 51.7 Å². The second-order valence-corrected chi connectivity index (χ2v) is 8.90. The highest BCUT2D eigenvalue weighted by Crippen LogP contribution is 2.28. The Morgan fingerprint density at radius 3 is 2.61 bits per heavy atom. The number of amides is 1. The Morgan fingerprint density at radius 2 is 1.79 bits per heavy atom. The van der Waals surface area contributed by atoms with Crippen molar-refractivity contribution in [2.75, 3.05) is 23.3 Å². The van der Waals surface area contributed by atoms with Gasteiger partial charge in [-0.25, -0.2) is 0 Å². The highest BCUT2D eigenvalue weighted by Gasteiger charge is 2.26. The van der Waals surface area contributed by atoms with Gasteiger partial charge in [0.1, 0.15) is 11.9 Å². The van der Waals surface area contributed by atoms with Crippen LogP contribution in [0.1, 0.15) is 28.0 Å². The number of alkyl halides is 1. The molecular weight excluding hydrogens is 476 g/mol. The van der Waals surface area contributed by atoms with Gasteiger partial charge in [0, 0.05) is 39.6 Å². The van der Waals surface area contributed by atoms with Gasteiger partial charge in [-0.2, -0.15) is 0 Å². The molecule has 6 heteroatoms. The van der Waals surface area contributed by atoms with Crippen molar-refractivity contribution in [3.63, 3.8) is 0 Å². The largest absolute Gasteiger partial charge is 0.367 e. The number of H-pyrrole nitrogens is 1.